The van der Waals surface area contributed by atoms with E-state index in [4.69, 9.17) is 16.0 Å². The third-order valence-electron chi connectivity index (χ3n) is 4.82. The van der Waals surface area contributed by atoms with Crippen LogP contribution in [0.15, 0.2) is 41.1 Å². The first-order chi connectivity index (χ1) is 13.6. The number of nitrogens with zero attached hydrogens (tertiary/aromatic N) is 5. The van der Waals surface area contributed by atoms with Gasteiger partial charge in [-0.15, -0.1) is 10.2 Å². The Bertz CT molecular complexity index is 961. The molecule has 1 fully saturated rings. The summed E-state index contributed by atoms with van der Waals surface area (Å²) in [5.41, 5.74) is 1.32. The van der Waals surface area contributed by atoms with E-state index in [0.717, 1.165) is 31.5 Å². The predicted octanol–water partition coefficient (Wildman–Crippen LogP) is 2.52. The second kappa shape index (κ2) is 8.12. The van der Waals surface area contributed by atoms with Gasteiger partial charge < -0.3 is 9.73 Å². The van der Waals surface area contributed by atoms with Crippen LogP contribution in [-0.4, -0.2) is 49.9 Å². The van der Waals surface area contributed by atoms with Crippen LogP contribution in [0.1, 0.15) is 29.1 Å². The molecule has 1 aromatic carbocycles. The summed E-state index contributed by atoms with van der Waals surface area (Å²) in [4.78, 5) is 14.5. The van der Waals surface area contributed by atoms with Crippen molar-refractivity contribution < 1.29 is 9.21 Å². The molecule has 3 aromatic rings. The lowest BCUT2D eigenvalue weighted by Gasteiger charge is -2.31. The Morgan fingerprint density at radius 1 is 1.29 bits per heavy atom. The van der Waals surface area contributed by atoms with Crippen LogP contribution in [0, 0.1) is 0 Å². The van der Waals surface area contributed by atoms with Crippen LogP contribution in [0.4, 0.5) is 0 Å². The maximum absolute atomic E-state index is 12.2. The van der Waals surface area contributed by atoms with Crippen molar-refractivity contribution >= 4 is 17.5 Å². The van der Waals surface area contributed by atoms with Crippen LogP contribution in [0.5, 0.6) is 0 Å². The van der Waals surface area contributed by atoms with Crippen molar-refractivity contribution in [3.05, 3.63) is 53.1 Å². The maximum atomic E-state index is 12.2. The quantitative estimate of drug-likeness (QED) is 0.707. The normalized spacial score (nSPS) is 15.6. The third kappa shape index (κ3) is 4.23. The molecule has 0 bridgehead atoms. The summed E-state index contributed by atoms with van der Waals surface area (Å²) in [5, 5.41) is 16.0. The first-order valence-corrected chi connectivity index (χ1v) is 9.55. The van der Waals surface area contributed by atoms with E-state index >= 15 is 0 Å². The monoisotopic (exact) mass is 400 g/mol. The number of carbonyl (C=O) groups excluding carboxylic acids is 1. The molecule has 1 aliphatic rings. The Kier molecular flexibility index (Phi) is 5.40. The second-order valence-electron chi connectivity index (χ2n) is 6.91. The Balaban J connectivity index is 1.29. The van der Waals surface area contributed by atoms with E-state index in [0.29, 0.717) is 28.9 Å². The number of amides is 1. The number of nitrogens with one attached hydrogen (secondary N) is 1. The zero-order chi connectivity index (χ0) is 19.5. The van der Waals surface area contributed by atoms with Crippen LogP contribution in [0.3, 0.4) is 0 Å². The smallest absolute Gasteiger partial charge is 0.254 e. The van der Waals surface area contributed by atoms with Crippen LogP contribution < -0.4 is 5.32 Å². The number of rotatable bonds is 5. The van der Waals surface area contributed by atoms with Gasteiger partial charge in [-0.3, -0.25) is 14.4 Å². The molecule has 1 aliphatic heterocycles. The fraction of sp³-hybridized carbons (Fsp3) is 0.368. The first-order valence-electron chi connectivity index (χ1n) is 9.17. The number of aromatic nitrogens is 4. The highest BCUT2D eigenvalue weighted by Gasteiger charge is 2.23. The number of benzene rings is 1. The molecule has 1 amide bonds. The molecule has 0 unspecified atom stereocenters. The first kappa shape index (κ1) is 18.6. The summed E-state index contributed by atoms with van der Waals surface area (Å²) in [6.07, 6.45) is 5.04. The van der Waals surface area contributed by atoms with Crippen LogP contribution in [0.25, 0.3) is 11.5 Å². The molecule has 0 saturated carbocycles. The lowest BCUT2D eigenvalue weighted by Crippen LogP contribution is -2.44. The SMILES string of the molecule is Cn1cc(C(=O)NC2CCN(Cc3nnc(-c4ccccc4Cl)o3)CC2)cn1. The number of aryl methyl sites for hydroxylation is 1. The zero-order valence-corrected chi connectivity index (χ0v) is 16.3. The lowest BCUT2D eigenvalue weighted by atomic mass is 10.0. The molecule has 1 saturated heterocycles. The van der Waals surface area contributed by atoms with Crippen molar-refractivity contribution in [2.24, 2.45) is 7.05 Å². The molecule has 0 radical (unpaired) electrons. The second-order valence-corrected chi connectivity index (χ2v) is 7.31. The minimum Gasteiger partial charge on any atom is -0.419 e. The number of hydrogen-bond donors (Lipinski definition) is 1. The molecule has 9 heteroatoms. The van der Waals surface area contributed by atoms with E-state index in [-0.39, 0.29) is 11.9 Å². The standard InChI is InChI=1S/C19H21ClN6O2/c1-25-11-13(10-21-25)18(27)22-14-6-8-26(9-7-14)12-17-23-24-19(28-17)15-4-2-3-5-16(15)20/h2-5,10-11,14H,6-9,12H2,1H3,(H,22,27). The molecule has 1 N–H and O–H groups in total. The molecule has 2 aromatic heterocycles. The Hall–Kier alpha value is -2.71. The molecule has 4 rings (SSSR count). The molecule has 28 heavy (non-hydrogen) atoms. The Morgan fingerprint density at radius 2 is 2.07 bits per heavy atom. The Morgan fingerprint density at radius 3 is 2.79 bits per heavy atom. The summed E-state index contributed by atoms with van der Waals surface area (Å²) < 4.78 is 7.40. The summed E-state index contributed by atoms with van der Waals surface area (Å²) >= 11 is 6.19. The van der Waals surface area contributed by atoms with Gasteiger partial charge in [0.15, 0.2) is 0 Å². The number of likely N-dealkylation sites (tertiary alicyclic amines) is 1. The van der Waals surface area contributed by atoms with Gasteiger partial charge in [0.1, 0.15) is 0 Å². The topological polar surface area (TPSA) is 89.1 Å². The van der Waals surface area contributed by atoms with Crippen LogP contribution >= 0.6 is 11.6 Å². The molecule has 0 aliphatic carbocycles. The van der Waals surface area contributed by atoms with Gasteiger partial charge in [0.2, 0.25) is 11.8 Å². The summed E-state index contributed by atoms with van der Waals surface area (Å²) in [6, 6.07) is 7.56. The highest BCUT2D eigenvalue weighted by molar-refractivity contribution is 6.33. The van der Waals surface area contributed by atoms with Crippen molar-refractivity contribution in [1.29, 1.82) is 0 Å². The van der Waals surface area contributed by atoms with Crippen molar-refractivity contribution in [2.75, 3.05) is 13.1 Å². The van der Waals surface area contributed by atoms with Crippen LogP contribution in [0.2, 0.25) is 5.02 Å². The fourth-order valence-corrected chi connectivity index (χ4v) is 3.51. The molecule has 8 nitrogen and oxygen atoms in total. The van der Waals surface area contributed by atoms with E-state index in [1.54, 1.807) is 30.2 Å². The van der Waals surface area contributed by atoms with Gasteiger partial charge in [0.25, 0.3) is 5.91 Å². The number of piperidine rings is 1. The minimum absolute atomic E-state index is 0.0761. The Labute approximate surface area is 167 Å². The maximum Gasteiger partial charge on any atom is 0.254 e. The average molecular weight is 401 g/mol. The van der Waals surface area contributed by atoms with E-state index < -0.39 is 0 Å². The summed E-state index contributed by atoms with van der Waals surface area (Å²) in [5.74, 6) is 0.916. The zero-order valence-electron chi connectivity index (χ0n) is 15.5. The summed E-state index contributed by atoms with van der Waals surface area (Å²) in [7, 11) is 1.80. The molecular formula is C19H21ClN6O2. The van der Waals surface area contributed by atoms with Crippen molar-refractivity contribution in [3.8, 4) is 11.5 Å². The van der Waals surface area contributed by atoms with Gasteiger partial charge in [-0.25, -0.2) is 0 Å². The molecule has 3 heterocycles. The molecular weight excluding hydrogens is 380 g/mol. The fourth-order valence-electron chi connectivity index (χ4n) is 3.29. The third-order valence-corrected chi connectivity index (χ3v) is 5.15. The molecule has 0 spiro atoms. The van der Waals surface area contributed by atoms with Crippen molar-refractivity contribution in [3.63, 3.8) is 0 Å². The van der Waals surface area contributed by atoms with Crippen molar-refractivity contribution in [2.45, 2.75) is 25.4 Å². The van der Waals surface area contributed by atoms with Crippen molar-refractivity contribution in [1.82, 2.24) is 30.2 Å². The molecule has 0 atom stereocenters. The largest absolute Gasteiger partial charge is 0.419 e. The van der Waals surface area contributed by atoms with Gasteiger partial charge in [0.05, 0.1) is 28.9 Å². The van der Waals surface area contributed by atoms with Gasteiger partial charge >= 0.3 is 0 Å². The van der Waals surface area contributed by atoms with E-state index in [1.165, 1.54) is 0 Å². The highest BCUT2D eigenvalue weighted by Crippen LogP contribution is 2.26. The van der Waals surface area contributed by atoms with Gasteiger partial charge in [0, 0.05) is 32.4 Å². The van der Waals surface area contributed by atoms with E-state index in [2.05, 4.69) is 25.5 Å². The average Bonchev–Trinajstić information content (AvgIpc) is 3.33. The van der Waals surface area contributed by atoms with E-state index in [9.17, 15) is 4.79 Å². The van der Waals surface area contributed by atoms with Crippen LogP contribution in [-0.2, 0) is 13.6 Å². The minimum atomic E-state index is -0.0761. The molecule has 146 valence electrons. The summed E-state index contributed by atoms with van der Waals surface area (Å²) in [6.45, 7) is 2.28. The van der Waals surface area contributed by atoms with Gasteiger partial charge in [-0.1, -0.05) is 23.7 Å². The number of carbonyl (C=O) groups is 1. The van der Waals surface area contributed by atoms with Gasteiger partial charge in [-0.05, 0) is 25.0 Å². The lowest BCUT2D eigenvalue weighted by molar-refractivity contribution is 0.0905. The van der Waals surface area contributed by atoms with Gasteiger partial charge in [-0.2, -0.15) is 5.10 Å². The van der Waals surface area contributed by atoms with E-state index in [1.807, 2.05) is 18.2 Å². The number of halogens is 1. The number of hydrogen-bond acceptors (Lipinski definition) is 6. The highest BCUT2D eigenvalue weighted by atomic mass is 35.5. The predicted molar refractivity (Wildman–Crippen MR) is 104 cm³/mol.